The van der Waals surface area contributed by atoms with Crippen LogP contribution < -0.4 is 15.6 Å². The Bertz CT molecular complexity index is 753. The second-order valence-electron chi connectivity index (χ2n) is 4.79. The van der Waals surface area contributed by atoms with E-state index in [1.807, 2.05) is 0 Å². The highest BCUT2D eigenvalue weighted by atomic mass is 35.5. The molecule has 126 valence electrons. The van der Waals surface area contributed by atoms with E-state index in [0.29, 0.717) is 5.02 Å². The molecule has 5 nitrogen and oxygen atoms in total. The predicted octanol–water partition coefficient (Wildman–Crippen LogP) is 3.36. The molecule has 2 aromatic carbocycles. The van der Waals surface area contributed by atoms with E-state index in [1.165, 1.54) is 31.2 Å². The van der Waals surface area contributed by atoms with Crippen molar-refractivity contribution in [3.8, 4) is 5.75 Å². The minimum atomic E-state index is -0.919. The first-order valence-corrected chi connectivity index (χ1v) is 7.60. The topological polar surface area (TPSA) is 67.4 Å². The summed E-state index contributed by atoms with van der Waals surface area (Å²) in [6, 6.07) is 9.47. The fraction of sp³-hybridized carbons (Fsp3) is 0.125. The number of rotatable bonds is 4. The van der Waals surface area contributed by atoms with Crippen molar-refractivity contribution in [1.82, 2.24) is 10.9 Å². The third kappa shape index (κ3) is 4.84. The summed E-state index contributed by atoms with van der Waals surface area (Å²) in [6.07, 6.45) is -0.919. The van der Waals surface area contributed by atoms with Gasteiger partial charge in [0.2, 0.25) is 0 Å². The Hall–Kier alpha value is -2.31. The fourth-order valence-corrected chi connectivity index (χ4v) is 2.16. The number of hydrogen-bond acceptors (Lipinski definition) is 3. The first-order chi connectivity index (χ1) is 11.4. The molecule has 2 aromatic rings. The highest BCUT2D eigenvalue weighted by molar-refractivity contribution is 6.35. The maximum absolute atomic E-state index is 12.8. The third-order valence-corrected chi connectivity index (χ3v) is 3.50. The van der Waals surface area contributed by atoms with Crippen LogP contribution in [-0.2, 0) is 4.79 Å². The van der Waals surface area contributed by atoms with Crippen LogP contribution in [0.25, 0.3) is 0 Å². The van der Waals surface area contributed by atoms with E-state index in [9.17, 15) is 14.0 Å². The maximum Gasteiger partial charge on any atom is 0.279 e. The van der Waals surface area contributed by atoms with Gasteiger partial charge in [0, 0.05) is 10.6 Å². The Kier molecular flexibility index (Phi) is 6.00. The lowest BCUT2D eigenvalue weighted by atomic mass is 10.2. The van der Waals surface area contributed by atoms with Crippen molar-refractivity contribution in [3.05, 3.63) is 63.9 Å². The molecular weight excluding hydrogens is 358 g/mol. The van der Waals surface area contributed by atoms with Gasteiger partial charge in [0.15, 0.2) is 6.10 Å². The van der Waals surface area contributed by atoms with Crippen molar-refractivity contribution in [3.63, 3.8) is 0 Å². The van der Waals surface area contributed by atoms with Gasteiger partial charge in [-0.2, -0.15) is 0 Å². The van der Waals surface area contributed by atoms with E-state index in [-0.39, 0.29) is 16.3 Å². The highest BCUT2D eigenvalue weighted by Gasteiger charge is 2.17. The number of ether oxygens (including phenoxy) is 1. The molecule has 0 aliphatic carbocycles. The molecule has 0 bridgehead atoms. The Labute approximate surface area is 147 Å². The van der Waals surface area contributed by atoms with Crippen LogP contribution >= 0.6 is 23.2 Å². The molecule has 0 radical (unpaired) electrons. The second-order valence-corrected chi connectivity index (χ2v) is 5.63. The van der Waals surface area contributed by atoms with Gasteiger partial charge in [-0.15, -0.1) is 0 Å². The molecule has 24 heavy (non-hydrogen) atoms. The first kappa shape index (κ1) is 18.0. The summed E-state index contributed by atoms with van der Waals surface area (Å²) in [4.78, 5) is 23.7. The summed E-state index contributed by atoms with van der Waals surface area (Å²) < 4.78 is 18.2. The number of hydrazine groups is 1. The van der Waals surface area contributed by atoms with Crippen LogP contribution in [0.1, 0.15) is 17.3 Å². The largest absolute Gasteiger partial charge is 0.479 e. The zero-order valence-corrected chi connectivity index (χ0v) is 14.0. The molecule has 2 amide bonds. The maximum atomic E-state index is 12.8. The number of carbonyl (C=O) groups excluding carboxylic acids is 2. The van der Waals surface area contributed by atoms with Crippen LogP contribution in [0.5, 0.6) is 5.75 Å². The van der Waals surface area contributed by atoms with Gasteiger partial charge >= 0.3 is 0 Å². The number of nitrogens with one attached hydrogen (secondary N) is 2. The average molecular weight is 371 g/mol. The number of carbonyl (C=O) groups is 2. The molecule has 0 aliphatic rings. The van der Waals surface area contributed by atoms with Crippen molar-refractivity contribution in [2.45, 2.75) is 13.0 Å². The minimum absolute atomic E-state index is 0.200. The molecular formula is C16H13Cl2FN2O3. The van der Waals surface area contributed by atoms with E-state index in [1.54, 1.807) is 6.07 Å². The number of benzene rings is 2. The van der Waals surface area contributed by atoms with Crippen LogP contribution in [-0.4, -0.2) is 17.9 Å². The lowest BCUT2D eigenvalue weighted by Gasteiger charge is -2.16. The Morgan fingerprint density at radius 1 is 1.08 bits per heavy atom. The van der Waals surface area contributed by atoms with Crippen molar-refractivity contribution in [1.29, 1.82) is 0 Å². The van der Waals surface area contributed by atoms with Gasteiger partial charge in [-0.05, 0) is 49.4 Å². The highest BCUT2D eigenvalue weighted by Crippen LogP contribution is 2.28. The normalized spacial score (nSPS) is 11.5. The molecule has 2 rings (SSSR count). The Morgan fingerprint density at radius 2 is 1.75 bits per heavy atom. The van der Waals surface area contributed by atoms with Gasteiger partial charge in [-0.25, -0.2) is 4.39 Å². The lowest BCUT2D eigenvalue weighted by Crippen LogP contribution is -2.47. The molecule has 0 unspecified atom stereocenters. The predicted molar refractivity (Wildman–Crippen MR) is 88.6 cm³/mol. The minimum Gasteiger partial charge on any atom is -0.479 e. The molecule has 1 atom stereocenters. The summed E-state index contributed by atoms with van der Waals surface area (Å²) in [7, 11) is 0. The fourth-order valence-electron chi connectivity index (χ4n) is 1.71. The van der Waals surface area contributed by atoms with Crippen LogP contribution in [0, 0.1) is 5.82 Å². The molecule has 8 heteroatoms. The van der Waals surface area contributed by atoms with Gasteiger partial charge in [0.05, 0.1) is 5.02 Å². The first-order valence-electron chi connectivity index (χ1n) is 6.84. The summed E-state index contributed by atoms with van der Waals surface area (Å²) in [5.41, 5.74) is 4.63. The van der Waals surface area contributed by atoms with Gasteiger partial charge in [-0.1, -0.05) is 23.2 Å². The monoisotopic (exact) mass is 370 g/mol. The van der Waals surface area contributed by atoms with E-state index in [0.717, 1.165) is 12.1 Å². The summed E-state index contributed by atoms with van der Waals surface area (Å²) in [5.74, 6) is -1.34. The number of hydrogen-bond donors (Lipinski definition) is 2. The number of amides is 2. The SMILES string of the molecule is C[C@@H](Oc1ccc(Cl)cc1Cl)C(=O)NNC(=O)c1ccc(F)cc1. The zero-order valence-electron chi connectivity index (χ0n) is 12.5. The van der Waals surface area contributed by atoms with Crippen LogP contribution in [0.2, 0.25) is 10.0 Å². The van der Waals surface area contributed by atoms with Crippen LogP contribution in [0.3, 0.4) is 0 Å². The summed E-state index contributed by atoms with van der Waals surface area (Å²) in [6.45, 7) is 1.49. The van der Waals surface area contributed by atoms with Crippen molar-refractivity contribution in [2.24, 2.45) is 0 Å². The van der Waals surface area contributed by atoms with Crippen molar-refractivity contribution in [2.75, 3.05) is 0 Å². The Morgan fingerprint density at radius 3 is 2.38 bits per heavy atom. The summed E-state index contributed by atoms with van der Waals surface area (Å²) in [5, 5.41) is 0.702. The van der Waals surface area contributed by atoms with E-state index in [2.05, 4.69) is 10.9 Å². The lowest BCUT2D eigenvalue weighted by molar-refractivity contribution is -0.128. The molecule has 0 saturated heterocycles. The van der Waals surface area contributed by atoms with Gasteiger partial charge < -0.3 is 4.74 Å². The Balaban J connectivity index is 1.89. The molecule has 0 aliphatic heterocycles. The van der Waals surface area contributed by atoms with Gasteiger partial charge in [0.1, 0.15) is 11.6 Å². The summed E-state index contributed by atoms with van der Waals surface area (Å²) >= 11 is 11.7. The molecule has 0 aromatic heterocycles. The standard InChI is InChI=1S/C16H13Cl2FN2O3/c1-9(24-14-7-4-11(17)8-13(14)18)15(22)20-21-16(23)10-2-5-12(19)6-3-10/h2-9H,1H3,(H,20,22)(H,21,23)/t9-/m1/s1. The average Bonchev–Trinajstić information content (AvgIpc) is 2.55. The third-order valence-electron chi connectivity index (χ3n) is 2.97. The van der Waals surface area contributed by atoms with Gasteiger partial charge in [-0.3, -0.25) is 20.4 Å². The molecule has 2 N–H and O–H groups in total. The smallest absolute Gasteiger partial charge is 0.279 e. The number of halogens is 3. The zero-order chi connectivity index (χ0) is 17.7. The van der Waals surface area contributed by atoms with E-state index < -0.39 is 23.7 Å². The van der Waals surface area contributed by atoms with Crippen LogP contribution in [0.4, 0.5) is 4.39 Å². The van der Waals surface area contributed by atoms with Crippen LogP contribution in [0.15, 0.2) is 42.5 Å². The molecule has 0 saturated carbocycles. The van der Waals surface area contributed by atoms with Crippen molar-refractivity contribution < 1.29 is 18.7 Å². The van der Waals surface area contributed by atoms with Crippen molar-refractivity contribution >= 4 is 35.0 Å². The van der Waals surface area contributed by atoms with E-state index >= 15 is 0 Å². The quantitative estimate of drug-likeness (QED) is 0.810. The molecule has 0 spiro atoms. The van der Waals surface area contributed by atoms with E-state index in [4.69, 9.17) is 27.9 Å². The second kappa shape index (κ2) is 7.99. The van der Waals surface area contributed by atoms with Gasteiger partial charge in [0.25, 0.3) is 11.8 Å². The molecule has 0 fully saturated rings. The molecule has 0 heterocycles.